The van der Waals surface area contributed by atoms with Crippen molar-refractivity contribution in [2.45, 2.75) is 78.9 Å². The van der Waals surface area contributed by atoms with Crippen LogP contribution in [0.4, 0.5) is 0 Å². The topological polar surface area (TPSA) is 67.1 Å². The maximum Gasteiger partial charge on any atom is 0.191 e. The number of fused-ring (bicyclic) bond motifs is 1. The van der Waals surface area contributed by atoms with Crippen LogP contribution in [0.15, 0.2) is 4.99 Å². The van der Waals surface area contributed by atoms with Crippen molar-refractivity contribution < 1.29 is 0 Å². The number of aromatic nitrogens is 3. The molecule has 1 aromatic heterocycles. The van der Waals surface area contributed by atoms with Gasteiger partial charge < -0.3 is 15.2 Å². The zero-order valence-electron chi connectivity index (χ0n) is 15.1. The standard InChI is InChI=1S/C17H32N6/c1-5-18-17(20-14(4)9-6-8-13(2)3)19-12-16-22-21-15-10-7-11-23(15)16/h13-14H,5-12H2,1-4H3,(H2,18,19,20). The summed E-state index contributed by atoms with van der Waals surface area (Å²) in [5.41, 5.74) is 0. The van der Waals surface area contributed by atoms with Crippen molar-refractivity contribution in [2.75, 3.05) is 6.54 Å². The highest BCUT2D eigenvalue weighted by atomic mass is 15.3. The molecule has 0 fully saturated rings. The van der Waals surface area contributed by atoms with Gasteiger partial charge in [-0.2, -0.15) is 0 Å². The van der Waals surface area contributed by atoms with Gasteiger partial charge in [0.15, 0.2) is 11.8 Å². The second kappa shape index (κ2) is 8.89. The predicted octanol–water partition coefficient (Wildman–Crippen LogP) is 2.49. The fourth-order valence-electron chi connectivity index (χ4n) is 2.94. The number of hydrogen-bond donors (Lipinski definition) is 2. The number of nitrogens with one attached hydrogen (secondary N) is 2. The number of hydrogen-bond acceptors (Lipinski definition) is 3. The highest BCUT2D eigenvalue weighted by molar-refractivity contribution is 5.79. The fraction of sp³-hybridized carbons (Fsp3) is 0.824. The average Bonchev–Trinajstić information content (AvgIpc) is 3.08. The Bertz CT molecular complexity index is 505. The van der Waals surface area contributed by atoms with E-state index in [1.807, 2.05) is 0 Å². The molecule has 130 valence electrons. The minimum Gasteiger partial charge on any atom is -0.357 e. The molecule has 6 heteroatoms. The molecule has 1 atom stereocenters. The Morgan fingerprint density at radius 3 is 2.83 bits per heavy atom. The van der Waals surface area contributed by atoms with Gasteiger partial charge >= 0.3 is 0 Å². The van der Waals surface area contributed by atoms with Crippen molar-refractivity contribution in [2.24, 2.45) is 10.9 Å². The Labute approximate surface area is 140 Å². The van der Waals surface area contributed by atoms with E-state index in [1.165, 1.54) is 25.7 Å². The van der Waals surface area contributed by atoms with E-state index in [4.69, 9.17) is 0 Å². The first-order valence-corrected chi connectivity index (χ1v) is 9.06. The number of aliphatic imine (C=N–C) groups is 1. The summed E-state index contributed by atoms with van der Waals surface area (Å²) in [5, 5.41) is 15.3. The zero-order valence-corrected chi connectivity index (χ0v) is 15.1. The van der Waals surface area contributed by atoms with E-state index < -0.39 is 0 Å². The molecule has 1 aromatic rings. The molecule has 0 aromatic carbocycles. The molecule has 0 amide bonds. The monoisotopic (exact) mass is 320 g/mol. The van der Waals surface area contributed by atoms with Gasteiger partial charge in [0.05, 0.1) is 0 Å². The lowest BCUT2D eigenvalue weighted by atomic mass is 10.0. The van der Waals surface area contributed by atoms with Gasteiger partial charge in [0.2, 0.25) is 0 Å². The third kappa shape index (κ3) is 5.52. The highest BCUT2D eigenvalue weighted by Crippen LogP contribution is 2.14. The van der Waals surface area contributed by atoms with Crippen LogP contribution < -0.4 is 10.6 Å². The van der Waals surface area contributed by atoms with E-state index in [-0.39, 0.29) is 0 Å². The Hall–Kier alpha value is -1.59. The minimum absolute atomic E-state index is 0.427. The van der Waals surface area contributed by atoms with Crippen molar-refractivity contribution in [1.82, 2.24) is 25.4 Å². The van der Waals surface area contributed by atoms with E-state index in [2.05, 4.69) is 58.1 Å². The number of aryl methyl sites for hydroxylation is 1. The lowest BCUT2D eigenvalue weighted by Crippen LogP contribution is -2.42. The van der Waals surface area contributed by atoms with E-state index in [0.717, 1.165) is 43.0 Å². The van der Waals surface area contributed by atoms with Crippen LogP contribution in [0.5, 0.6) is 0 Å². The van der Waals surface area contributed by atoms with Gasteiger partial charge in [-0.15, -0.1) is 10.2 Å². The molecule has 0 saturated heterocycles. The molecule has 2 N–H and O–H groups in total. The normalized spacial score (nSPS) is 15.8. The molecule has 1 unspecified atom stereocenters. The maximum absolute atomic E-state index is 4.69. The molecule has 1 aliphatic heterocycles. The summed E-state index contributed by atoms with van der Waals surface area (Å²) in [7, 11) is 0. The summed E-state index contributed by atoms with van der Waals surface area (Å²) in [6, 6.07) is 0.427. The predicted molar refractivity (Wildman–Crippen MR) is 94.4 cm³/mol. The van der Waals surface area contributed by atoms with Crippen LogP contribution in [0, 0.1) is 5.92 Å². The molecule has 0 spiro atoms. The zero-order chi connectivity index (χ0) is 16.7. The van der Waals surface area contributed by atoms with Crippen molar-refractivity contribution in [3.05, 3.63) is 11.6 Å². The van der Waals surface area contributed by atoms with Gasteiger partial charge in [0.1, 0.15) is 12.4 Å². The SMILES string of the molecule is CCNC(=NCc1nnc2n1CCC2)NC(C)CCCC(C)C. The van der Waals surface area contributed by atoms with Gasteiger partial charge in [-0.05, 0) is 32.6 Å². The quantitative estimate of drug-likeness (QED) is 0.570. The van der Waals surface area contributed by atoms with Crippen molar-refractivity contribution >= 4 is 5.96 Å². The van der Waals surface area contributed by atoms with Crippen molar-refractivity contribution in [1.29, 1.82) is 0 Å². The van der Waals surface area contributed by atoms with Crippen LogP contribution in [0.1, 0.15) is 65.0 Å². The molecule has 23 heavy (non-hydrogen) atoms. The number of nitrogens with zero attached hydrogens (tertiary/aromatic N) is 4. The number of guanidine groups is 1. The third-order valence-electron chi connectivity index (χ3n) is 4.21. The summed E-state index contributed by atoms with van der Waals surface area (Å²) >= 11 is 0. The first-order valence-electron chi connectivity index (χ1n) is 9.06. The third-order valence-corrected chi connectivity index (χ3v) is 4.21. The lowest BCUT2D eigenvalue weighted by molar-refractivity contribution is 0.491. The molecule has 2 rings (SSSR count). The molecular weight excluding hydrogens is 288 g/mol. The van der Waals surface area contributed by atoms with Crippen LogP contribution in [0.3, 0.4) is 0 Å². The van der Waals surface area contributed by atoms with Gasteiger partial charge in [0, 0.05) is 25.6 Å². The summed E-state index contributed by atoms with van der Waals surface area (Å²) in [5.74, 6) is 3.73. The average molecular weight is 320 g/mol. The van der Waals surface area contributed by atoms with Crippen molar-refractivity contribution in [3.63, 3.8) is 0 Å². The fourth-order valence-corrected chi connectivity index (χ4v) is 2.94. The molecular formula is C17H32N6. The van der Waals surface area contributed by atoms with Gasteiger partial charge in [0.25, 0.3) is 0 Å². The smallest absolute Gasteiger partial charge is 0.191 e. The van der Waals surface area contributed by atoms with E-state index in [0.29, 0.717) is 12.6 Å². The van der Waals surface area contributed by atoms with Crippen molar-refractivity contribution in [3.8, 4) is 0 Å². The van der Waals surface area contributed by atoms with Crippen LogP contribution in [-0.2, 0) is 19.5 Å². The molecule has 0 saturated carbocycles. The molecule has 1 aliphatic rings. The molecule has 6 nitrogen and oxygen atoms in total. The summed E-state index contributed by atoms with van der Waals surface area (Å²) in [4.78, 5) is 4.69. The minimum atomic E-state index is 0.427. The molecule has 0 aliphatic carbocycles. The largest absolute Gasteiger partial charge is 0.357 e. The Balaban J connectivity index is 1.86. The highest BCUT2D eigenvalue weighted by Gasteiger charge is 2.16. The first-order chi connectivity index (χ1) is 11.1. The molecule has 2 heterocycles. The van der Waals surface area contributed by atoms with Crippen LogP contribution in [0.25, 0.3) is 0 Å². The Kier molecular flexibility index (Phi) is 6.86. The van der Waals surface area contributed by atoms with Crippen LogP contribution >= 0.6 is 0 Å². The van der Waals surface area contributed by atoms with Gasteiger partial charge in [-0.3, -0.25) is 0 Å². The number of rotatable bonds is 8. The maximum atomic E-state index is 4.69. The van der Waals surface area contributed by atoms with E-state index >= 15 is 0 Å². The second-order valence-electron chi connectivity index (χ2n) is 6.85. The van der Waals surface area contributed by atoms with Crippen LogP contribution in [-0.4, -0.2) is 33.3 Å². The van der Waals surface area contributed by atoms with Gasteiger partial charge in [-0.1, -0.05) is 26.7 Å². The summed E-state index contributed by atoms with van der Waals surface area (Å²) in [6.45, 7) is 11.4. The van der Waals surface area contributed by atoms with E-state index in [9.17, 15) is 0 Å². The molecule has 0 bridgehead atoms. The van der Waals surface area contributed by atoms with Crippen LogP contribution in [0.2, 0.25) is 0 Å². The molecule has 0 radical (unpaired) electrons. The van der Waals surface area contributed by atoms with E-state index in [1.54, 1.807) is 0 Å². The second-order valence-corrected chi connectivity index (χ2v) is 6.85. The van der Waals surface area contributed by atoms with Gasteiger partial charge in [-0.25, -0.2) is 4.99 Å². The Morgan fingerprint density at radius 2 is 2.09 bits per heavy atom. The lowest BCUT2D eigenvalue weighted by Gasteiger charge is -2.18. The first kappa shape index (κ1) is 17.8. The Morgan fingerprint density at radius 1 is 1.26 bits per heavy atom. The summed E-state index contributed by atoms with van der Waals surface area (Å²) in [6.07, 6.45) is 5.92. The summed E-state index contributed by atoms with van der Waals surface area (Å²) < 4.78 is 2.21.